The third-order valence-electron chi connectivity index (χ3n) is 1.36. The Morgan fingerprint density at radius 1 is 0.867 bits per heavy atom. The molecule has 0 aliphatic rings. The molecule has 0 aromatic heterocycles. The van der Waals surface area contributed by atoms with Gasteiger partial charge in [0.15, 0.2) is 0 Å². The smallest absolute Gasteiger partial charge is 0.258 e. The normalized spacial score (nSPS) is 11.1. The summed E-state index contributed by atoms with van der Waals surface area (Å²) in [5.41, 5.74) is 4.45. The monoisotopic (exact) mass is 225 g/mol. The van der Waals surface area contributed by atoms with Crippen LogP contribution in [0, 0.1) is 40.5 Å². The van der Waals surface area contributed by atoms with Crippen molar-refractivity contribution in [1.82, 2.24) is 0 Å². The molecule has 0 aliphatic carbocycles. The summed E-state index contributed by atoms with van der Waals surface area (Å²) in [6, 6.07) is 0. The Labute approximate surface area is 79.1 Å². The highest BCUT2D eigenvalue weighted by Crippen LogP contribution is 2.13. The minimum Gasteiger partial charge on any atom is -0.258 e. The Bertz CT molecular complexity index is 308. The van der Waals surface area contributed by atoms with Gasteiger partial charge in [-0.15, -0.1) is 0 Å². The highest BCUT2D eigenvalue weighted by atomic mass is 16.7. The summed E-state index contributed by atoms with van der Waals surface area (Å²) in [4.78, 5) is 33.1. The highest BCUT2D eigenvalue weighted by Gasteiger charge is 2.76. The number of nitrogens with zero attached hydrogens (tertiary/aromatic N) is 4. The zero-order chi connectivity index (χ0) is 12.4. The minimum absolute atomic E-state index is 1.80. The first kappa shape index (κ1) is 12.6. The minimum atomic E-state index is -3.99. The fourth-order valence-electron chi connectivity index (χ4n) is 0.642. The van der Waals surface area contributed by atoms with Gasteiger partial charge >= 0.3 is 12.0 Å². The van der Waals surface area contributed by atoms with E-state index in [0.717, 1.165) is 0 Å². The molecule has 0 spiro atoms. The zero-order valence-electron chi connectivity index (χ0n) is 6.71. The van der Waals surface area contributed by atoms with Crippen LogP contribution in [-0.2, 0) is 0 Å². The van der Waals surface area contributed by atoms with Crippen molar-refractivity contribution in [3.05, 3.63) is 40.5 Å². The van der Waals surface area contributed by atoms with Crippen LogP contribution in [-0.4, -0.2) is 31.6 Å². The first-order valence-corrected chi connectivity index (χ1v) is 3.00. The van der Waals surface area contributed by atoms with E-state index in [0.29, 0.717) is 0 Å². The predicted molar refractivity (Wildman–Crippen MR) is 38.7 cm³/mol. The van der Waals surface area contributed by atoms with Gasteiger partial charge < -0.3 is 0 Å². The van der Waals surface area contributed by atoms with E-state index in [1.165, 1.54) is 0 Å². The van der Waals surface area contributed by atoms with Crippen LogP contribution in [0.5, 0.6) is 0 Å². The molecule has 84 valence electrons. The van der Waals surface area contributed by atoms with Crippen molar-refractivity contribution >= 4 is 0 Å². The Morgan fingerprint density at radius 3 is 1.20 bits per heavy atom. The van der Waals surface area contributed by atoms with E-state index in [9.17, 15) is 40.5 Å². The van der Waals surface area contributed by atoms with Crippen molar-refractivity contribution in [3.63, 3.8) is 0 Å². The van der Waals surface area contributed by atoms with Gasteiger partial charge in [0.25, 0.3) is 0 Å². The van der Waals surface area contributed by atoms with Crippen molar-refractivity contribution < 1.29 is 19.7 Å². The van der Waals surface area contributed by atoms with Gasteiger partial charge in [0.1, 0.15) is 19.7 Å². The SMILES string of the molecule is NC(C([N+](=O)[O-])[N+](=O)[O-])([N+](=O)[O-])[N+](=O)[O-]. The highest BCUT2D eigenvalue weighted by molar-refractivity contribution is 4.61. The second kappa shape index (κ2) is 3.74. The summed E-state index contributed by atoms with van der Waals surface area (Å²) >= 11 is 0. The molecule has 13 heteroatoms. The molecule has 15 heavy (non-hydrogen) atoms. The first-order valence-electron chi connectivity index (χ1n) is 3.00. The molecule has 0 aliphatic heterocycles. The van der Waals surface area contributed by atoms with Crippen LogP contribution in [0.1, 0.15) is 0 Å². The summed E-state index contributed by atoms with van der Waals surface area (Å²) in [5.74, 6) is -3.99. The van der Waals surface area contributed by atoms with Crippen LogP contribution in [0.2, 0.25) is 0 Å². The number of rotatable bonds is 5. The summed E-state index contributed by atoms with van der Waals surface area (Å²) in [6.07, 6.45) is -3.36. The van der Waals surface area contributed by atoms with Crippen LogP contribution in [0.15, 0.2) is 0 Å². The molecule has 13 nitrogen and oxygen atoms in total. The topological polar surface area (TPSA) is 199 Å². The van der Waals surface area contributed by atoms with Crippen molar-refractivity contribution in [3.8, 4) is 0 Å². The van der Waals surface area contributed by atoms with Gasteiger partial charge in [-0.1, -0.05) is 0 Å². The van der Waals surface area contributed by atoms with E-state index in [1.807, 2.05) is 0 Å². The van der Waals surface area contributed by atoms with E-state index < -0.39 is 31.6 Å². The fraction of sp³-hybridized carbons (Fsp3) is 1.00. The summed E-state index contributed by atoms with van der Waals surface area (Å²) in [7, 11) is 0. The largest absolute Gasteiger partial charge is 0.656 e. The van der Waals surface area contributed by atoms with Gasteiger partial charge in [0.05, 0.1) is 0 Å². The molecule has 2 N–H and O–H groups in total. The van der Waals surface area contributed by atoms with Crippen LogP contribution in [0.25, 0.3) is 0 Å². The van der Waals surface area contributed by atoms with Crippen molar-refractivity contribution in [2.45, 2.75) is 12.0 Å². The summed E-state index contributed by atoms with van der Waals surface area (Å²) in [5, 5.41) is 40.4. The zero-order valence-corrected chi connectivity index (χ0v) is 6.71. The molecule has 0 amide bonds. The van der Waals surface area contributed by atoms with Gasteiger partial charge in [-0.2, -0.15) is 5.73 Å². The van der Waals surface area contributed by atoms with Gasteiger partial charge in [0, 0.05) is 0 Å². The lowest BCUT2D eigenvalue weighted by Gasteiger charge is -2.09. The Balaban J connectivity index is 5.59. The van der Waals surface area contributed by atoms with Crippen LogP contribution >= 0.6 is 0 Å². The second-order valence-electron chi connectivity index (χ2n) is 2.24. The third kappa shape index (κ3) is 1.90. The fourth-order valence-corrected chi connectivity index (χ4v) is 0.642. The van der Waals surface area contributed by atoms with Crippen molar-refractivity contribution in [2.24, 2.45) is 5.73 Å². The predicted octanol–water partition coefficient (Wildman–Crippen LogP) is -1.97. The third-order valence-corrected chi connectivity index (χ3v) is 1.36. The van der Waals surface area contributed by atoms with Crippen molar-refractivity contribution in [1.29, 1.82) is 0 Å². The lowest BCUT2D eigenvalue weighted by atomic mass is 10.3. The molecule has 0 aromatic rings. The van der Waals surface area contributed by atoms with Crippen LogP contribution in [0.4, 0.5) is 0 Å². The van der Waals surface area contributed by atoms with Gasteiger partial charge in [-0.05, 0) is 0 Å². The molecule has 0 unspecified atom stereocenters. The molecule has 0 fully saturated rings. The first-order chi connectivity index (χ1) is 6.65. The molecule has 0 bridgehead atoms. The Morgan fingerprint density at radius 2 is 1.13 bits per heavy atom. The lowest BCUT2D eigenvalue weighted by molar-refractivity contribution is -0.902. The number of hydrogen-bond donors (Lipinski definition) is 1. The Hall–Kier alpha value is -2.44. The average molecular weight is 225 g/mol. The maximum absolute atomic E-state index is 10.1. The van der Waals surface area contributed by atoms with Crippen LogP contribution < -0.4 is 5.73 Å². The standard InChI is InChI=1S/C2H3N5O8/c3-2(6(12)13,7(14)15)1(4(8)9)5(10)11/h1H,3H2. The Kier molecular flexibility index (Phi) is 3.13. The van der Waals surface area contributed by atoms with Gasteiger partial charge in [-0.3, -0.25) is 40.5 Å². The maximum atomic E-state index is 10.1. The molecule has 0 atom stereocenters. The molecule has 0 radical (unpaired) electrons. The lowest BCUT2D eigenvalue weighted by Crippen LogP contribution is -2.67. The maximum Gasteiger partial charge on any atom is 0.656 e. The molecule has 0 heterocycles. The van der Waals surface area contributed by atoms with Crippen molar-refractivity contribution in [2.75, 3.05) is 0 Å². The van der Waals surface area contributed by atoms with E-state index in [4.69, 9.17) is 0 Å². The number of hydrogen-bond acceptors (Lipinski definition) is 9. The molecular formula is C2H3N5O8. The van der Waals surface area contributed by atoms with E-state index >= 15 is 0 Å². The molecular weight excluding hydrogens is 222 g/mol. The molecule has 0 saturated heterocycles. The van der Waals surface area contributed by atoms with Gasteiger partial charge in [-0.25, -0.2) is 0 Å². The van der Waals surface area contributed by atoms with Gasteiger partial charge in [0.2, 0.25) is 0 Å². The number of nitro groups is 4. The average Bonchev–Trinajstić information content (AvgIpc) is 2.01. The summed E-state index contributed by atoms with van der Waals surface area (Å²) in [6.45, 7) is 0. The molecule has 0 saturated carbocycles. The number of nitrogens with two attached hydrogens (primary N) is 1. The quantitative estimate of drug-likeness (QED) is 0.313. The van der Waals surface area contributed by atoms with E-state index in [2.05, 4.69) is 5.73 Å². The molecule has 0 rings (SSSR count). The van der Waals surface area contributed by atoms with E-state index in [1.54, 1.807) is 0 Å². The second-order valence-corrected chi connectivity index (χ2v) is 2.24. The van der Waals surface area contributed by atoms with E-state index in [-0.39, 0.29) is 0 Å². The molecule has 0 aromatic carbocycles. The van der Waals surface area contributed by atoms with Crippen LogP contribution in [0.3, 0.4) is 0 Å². The summed E-state index contributed by atoms with van der Waals surface area (Å²) < 4.78 is 0.